The fraction of sp³-hybridized carbons (Fsp3) is 0.294. The Hall–Kier alpha value is -1.67. The predicted molar refractivity (Wildman–Crippen MR) is 77.6 cm³/mol. The normalized spacial score (nSPS) is 12.4. The Balaban J connectivity index is 2.01. The molecule has 2 aromatic rings. The minimum Gasteiger partial charge on any atom is -0.324 e. The second-order valence-electron chi connectivity index (χ2n) is 5.14. The van der Waals surface area contributed by atoms with E-state index in [2.05, 4.69) is 31.2 Å². The van der Waals surface area contributed by atoms with E-state index in [0.29, 0.717) is 5.56 Å². The molecule has 2 N–H and O–H groups in total. The Labute approximate surface area is 114 Å². The van der Waals surface area contributed by atoms with Gasteiger partial charge in [-0.05, 0) is 49.4 Å². The number of nitrogens with two attached hydrogens (primary N) is 1. The zero-order chi connectivity index (χ0) is 13.8. The molecule has 0 saturated heterocycles. The number of hydrogen-bond donors (Lipinski definition) is 1. The van der Waals surface area contributed by atoms with Crippen LogP contribution in [0.15, 0.2) is 42.5 Å². The van der Waals surface area contributed by atoms with Crippen LogP contribution in [0.2, 0.25) is 0 Å². The second-order valence-corrected chi connectivity index (χ2v) is 5.14. The van der Waals surface area contributed by atoms with Crippen molar-refractivity contribution in [2.45, 2.75) is 32.7 Å². The Bertz CT molecular complexity index is 563. The molecule has 0 heterocycles. The standard InChI is InChI=1S/C17H20FN/c1-12-4-3-5-14(10-12)6-9-17(19)15-7-8-16(18)13(2)11-15/h3-5,7-8,10-11,17H,6,9,19H2,1-2H3. The molecule has 0 aliphatic rings. The summed E-state index contributed by atoms with van der Waals surface area (Å²) in [6, 6.07) is 13.5. The van der Waals surface area contributed by atoms with Crippen molar-refractivity contribution in [1.82, 2.24) is 0 Å². The number of halogens is 1. The number of hydrogen-bond acceptors (Lipinski definition) is 1. The van der Waals surface area contributed by atoms with Gasteiger partial charge in [-0.15, -0.1) is 0 Å². The van der Waals surface area contributed by atoms with Gasteiger partial charge in [0.2, 0.25) is 0 Å². The summed E-state index contributed by atoms with van der Waals surface area (Å²) in [7, 11) is 0. The van der Waals surface area contributed by atoms with E-state index in [1.54, 1.807) is 13.0 Å². The van der Waals surface area contributed by atoms with Crippen molar-refractivity contribution in [1.29, 1.82) is 0 Å². The van der Waals surface area contributed by atoms with Crippen molar-refractivity contribution in [3.8, 4) is 0 Å². The summed E-state index contributed by atoms with van der Waals surface area (Å²) in [5.74, 6) is -0.172. The highest BCUT2D eigenvalue weighted by atomic mass is 19.1. The Morgan fingerprint density at radius 2 is 1.89 bits per heavy atom. The largest absolute Gasteiger partial charge is 0.324 e. The van der Waals surface area contributed by atoms with Gasteiger partial charge in [0.15, 0.2) is 0 Å². The first-order valence-corrected chi connectivity index (χ1v) is 6.63. The molecule has 19 heavy (non-hydrogen) atoms. The van der Waals surface area contributed by atoms with Crippen molar-refractivity contribution < 1.29 is 4.39 Å². The van der Waals surface area contributed by atoms with Crippen LogP contribution < -0.4 is 5.73 Å². The maximum atomic E-state index is 13.2. The van der Waals surface area contributed by atoms with Gasteiger partial charge in [-0.3, -0.25) is 0 Å². The van der Waals surface area contributed by atoms with E-state index >= 15 is 0 Å². The summed E-state index contributed by atoms with van der Waals surface area (Å²) in [6.07, 6.45) is 1.81. The third-order valence-electron chi connectivity index (χ3n) is 3.44. The van der Waals surface area contributed by atoms with Gasteiger partial charge in [-0.25, -0.2) is 4.39 Å². The van der Waals surface area contributed by atoms with E-state index in [-0.39, 0.29) is 11.9 Å². The lowest BCUT2D eigenvalue weighted by Gasteiger charge is -2.13. The molecule has 0 bridgehead atoms. The molecule has 0 amide bonds. The van der Waals surface area contributed by atoms with Crippen molar-refractivity contribution >= 4 is 0 Å². The summed E-state index contributed by atoms with van der Waals surface area (Å²) in [6.45, 7) is 3.86. The van der Waals surface area contributed by atoms with Gasteiger partial charge in [0.25, 0.3) is 0 Å². The van der Waals surface area contributed by atoms with E-state index in [9.17, 15) is 4.39 Å². The minimum absolute atomic E-state index is 0.0418. The van der Waals surface area contributed by atoms with Crippen LogP contribution >= 0.6 is 0 Å². The highest BCUT2D eigenvalue weighted by Crippen LogP contribution is 2.19. The van der Waals surface area contributed by atoms with E-state index in [4.69, 9.17) is 5.73 Å². The van der Waals surface area contributed by atoms with Gasteiger partial charge in [0, 0.05) is 6.04 Å². The molecular formula is C17H20FN. The summed E-state index contributed by atoms with van der Waals surface area (Å²) in [5.41, 5.74) is 10.4. The first-order chi connectivity index (χ1) is 9.06. The maximum absolute atomic E-state index is 13.2. The lowest BCUT2D eigenvalue weighted by Crippen LogP contribution is -2.11. The second kappa shape index (κ2) is 5.98. The molecule has 0 fully saturated rings. The highest BCUT2D eigenvalue weighted by Gasteiger charge is 2.08. The van der Waals surface area contributed by atoms with Crippen molar-refractivity contribution in [2.75, 3.05) is 0 Å². The first kappa shape index (κ1) is 13.8. The zero-order valence-electron chi connectivity index (χ0n) is 11.5. The van der Waals surface area contributed by atoms with Crippen LogP contribution in [0, 0.1) is 19.7 Å². The fourth-order valence-electron chi connectivity index (χ4n) is 2.26. The summed E-state index contributed by atoms with van der Waals surface area (Å²) in [4.78, 5) is 0. The molecule has 0 radical (unpaired) electrons. The molecule has 100 valence electrons. The molecule has 0 aromatic heterocycles. The monoisotopic (exact) mass is 257 g/mol. The molecule has 0 aliphatic heterocycles. The Morgan fingerprint density at radius 3 is 2.58 bits per heavy atom. The van der Waals surface area contributed by atoms with E-state index in [1.165, 1.54) is 17.2 Å². The quantitative estimate of drug-likeness (QED) is 0.877. The van der Waals surface area contributed by atoms with E-state index in [0.717, 1.165) is 18.4 Å². The van der Waals surface area contributed by atoms with E-state index in [1.807, 2.05) is 6.07 Å². The number of benzene rings is 2. The lowest BCUT2D eigenvalue weighted by molar-refractivity contribution is 0.610. The lowest BCUT2D eigenvalue weighted by atomic mass is 9.98. The van der Waals surface area contributed by atoms with Crippen molar-refractivity contribution in [2.24, 2.45) is 5.73 Å². The number of rotatable bonds is 4. The van der Waals surface area contributed by atoms with Gasteiger partial charge in [-0.2, -0.15) is 0 Å². The smallest absolute Gasteiger partial charge is 0.126 e. The third kappa shape index (κ3) is 3.65. The molecule has 1 unspecified atom stereocenters. The van der Waals surface area contributed by atoms with Gasteiger partial charge in [-0.1, -0.05) is 42.0 Å². The van der Waals surface area contributed by atoms with Crippen LogP contribution in [0.1, 0.15) is 34.7 Å². The van der Waals surface area contributed by atoms with Crippen LogP contribution in [0.4, 0.5) is 4.39 Å². The van der Waals surface area contributed by atoms with Crippen molar-refractivity contribution in [3.63, 3.8) is 0 Å². The van der Waals surface area contributed by atoms with Crippen LogP contribution in [0.25, 0.3) is 0 Å². The summed E-state index contributed by atoms with van der Waals surface area (Å²) < 4.78 is 13.2. The average Bonchev–Trinajstić information content (AvgIpc) is 2.39. The van der Waals surface area contributed by atoms with Crippen molar-refractivity contribution in [3.05, 3.63) is 70.5 Å². The molecule has 0 aliphatic carbocycles. The van der Waals surface area contributed by atoms with Gasteiger partial charge in [0.1, 0.15) is 5.82 Å². The van der Waals surface area contributed by atoms with Gasteiger partial charge in [0.05, 0.1) is 0 Å². The van der Waals surface area contributed by atoms with Crippen LogP contribution in [0.5, 0.6) is 0 Å². The Morgan fingerprint density at radius 1 is 1.11 bits per heavy atom. The van der Waals surface area contributed by atoms with Gasteiger partial charge >= 0.3 is 0 Å². The van der Waals surface area contributed by atoms with Crippen LogP contribution in [0.3, 0.4) is 0 Å². The van der Waals surface area contributed by atoms with Crippen LogP contribution in [-0.2, 0) is 6.42 Å². The SMILES string of the molecule is Cc1cccc(CCC(N)c2ccc(F)c(C)c2)c1. The molecule has 0 spiro atoms. The molecule has 0 saturated carbocycles. The van der Waals surface area contributed by atoms with Crippen LogP contribution in [-0.4, -0.2) is 0 Å². The Kier molecular flexibility index (Phi) is 4.33. The predicted octanol–water partition coefficient (Wildman–Crippen LogP) is 4.08. The highest BCUT2D eigenvalue weighted by molar-refractivity contribution is 5.27. The first-order valence-electron chi connectivity index (χ1n) is 6.63. The third-order valence-corrected chi connectivity index (χ3v) is 3.44. The molecule has 1 atom stereocenters. The zero-order valence-corrected chi connectivity index (χ0v) is 11.5. The molecule has 2 rings (SSSR count). The molecule has 2 aromatic carbocycles. The van der Waals surface area contributed by atoms with Gasteiger partial charge < -0.3 is 5.73 Å². The fourth-order valence-corrected chi connectivity index (χ4v) is 2.26. The molecule has 1 nitrogen and oxygen atoms in total. The average molecular weight is 257 g/mol. The molecule has 2 heteroatoms. The molecular weight excluding hydrogens is 237 g/mol. The summed E-state index contributed by atoms with van der Waals surface area (Å²) >= 11 is 0. The summed E-state index contributed by atoms with van der Waals surface area (Å²) in [5, 5.41) is 0. The number of aryl methyl sites for hydroxylation is 3. The maximum Gasteiger partial charge on any atom is 0.126 e. The topological polar surface area (TPSA) is 26.0 Å². The minimum atomic E-state index is -0.172. The van der Waals surface area contributed by atoms with E-state index < -0.39 is 0 Å².